The lowest BCUT2D eigenvalue weighted by Gasteiger charge is -2.66. The zero-order valence-corrected chi connectivity index (χ0v) is 23.0. The van der Waals surface area contributed by atoms with Crippen LogP contribution in [-0.2, 0) is 0 Å². The van der Waals surface area contributed by atoms with E-state index in [-0.39, 0.29) is 17.6 Å². The Balaban J connectivity index is 1.56. The molecule has 0 heterocycles. The summed E-state index contributed by atoms with van der Waals surface area (Å²) in [4.78, 5) is 0. The van der Waals surface area contributed by atoms with Crippen molar-refractivity contribution in [2.75, 3.05) is 13.1 Å². The molecule has 0 aromatic carbocycles. The van der Waals surface area contributed by atoms with Gasteiger partial charge in [0.1, 0.15) is 0 Å². The van der Waals surface area contributed by atoms with E-state index >= 15 is 0 Å². The Hall–Kier alpha value is -0.160. The van der Waals surface area contributed by atoms with Gasteiger partial charge in [-0.1, -0.05) is 53.9 Å². The molecule has 0 radical (unpaired) electrons. The molecule has 0 spiro atoms. The zero-order valence-electron chi connectivity index (χ0n) is 23.0. The number of fused-ring (bicyclic) bond motifs is 5. The van der Waals surface area contributed by atoms with Crippen molar-refractivity contribution in [1.29, 1.82) is 0 Å². The molecule has 4 aliphatic carbocycles. The number of rotatable bonds is 9. The van der Waals surface area contributed by atoms with Gasteiger partial charge in [0.05, 0.1) is 11.7 Å². The maximum absolute atomic E-state index is 12.3. The van der Waals surface area contributed by atoms with Gasteiger partial charge in [0.2, 0.25) is 0 Å². The van der Waals surface area contributed by atoms with Crippen LogP contribution in [0.1, 0.15) is 112 Å². The fraction of sp³-hybridized carbons (Fsp3) is 1.00. The van der Waals surface area contributed by atoms with Crippen LogP contribution in [0.25, 0.3) is 0 Å². The van der Waals surface area contributed by atoms with Gasteiger partial charge < -0.3 is 21.3 Å². The van der Waals surface area contributed by atoms with Crippen molar-refractivity contribution >= 4 is 0 Å². The normalized spacial score (nSPS) is 47.2. The Bertz CT molecular complexity index is 685. The molecule has 10 atom stereocenters. The standard InChI is InChI=1S/C30H56N2O2/c1-20(2)8-6-9-21(3)24-10-11-25-23-18-27(32-17-7-16-31)30(34)19-22(33)12-15-29(30,5)26(23)13-14-28(24,25)4/h20-27,32-34H,6-19,31H2,1-5H3/t21?,22-,23?,24?,25?,26?,27+,28?,29?,30-/m0/s1. The van der Waals surface area contributed by atoms with Gasteiger partial charge in [-0.05, 0) is 105 Å². The van der Waals surface area contributed by atoms with E-state index in [1.165, 1.54) is 44.9 Å². The molecule has 34 heavy (non-hydrogen) atoms. The molecular weight excluding hydrogens is 420 g/mol. The molecule has 7 unspecified atom stereocenters. The molecule has 198 valence electrons. The van der Waals surface area contributed by atoms with E-state index in [1.807, 2.05) is 0 Å². The van der Waals surface area contributed by atoms with Gasteiger partial charge in [0.25, 0.3) is 0 Å². The molecule has 4 fully saturated rings. The van der Waals surface area contributed by atoms with Crippen LogP contribution in [-0.4, -0.2) is 41.0 Å². The third kappa shape index (κ3) is 4.52. The number of aliphatic hydroxyl groups excluding tert-OH is 1. The van der Waals surface area contributed by atoms with Gasteiger partial charge in [-0.3, -0.25) is 0 Å². The summed E-state index contributed by atoms with van der Waals surface area (Å²) in [6.07, 6.45) is 13.5. The Kier molecular flexibility index (Phi) is 8.15. The zero-order chi connectivity index (χ0) is 24.7. The predicted molar refractivity (Wildman–Crippen MR) is 141 cm³/mol. The van der Waals surface area contributed by atoms with E-state index in [0.717, 1.165) is 55.9 Å². The summed E-state index contributed by atoms with van der Waals surface area (Å²) in [6, 6.07) is 0.0742. The fourth-order valence-corrected chi connectivity index (χ4v) is 9.95. The Morgan fingerprint density at radius 3 is 2.44 bits per heavy atom. The fourth-order valence-electron chi connectivity index (χ4n) is 9.95. The van der Waals surface area contributed by atoms with Crippen LogP contribution in [0.4, 0.5) is 0 Å². The first-order valence-corrected chi connectivity index (χ1v) is 14.9. The highest BCUT2D eigenvalue weighted by atomic mass is 16.3. The summed E-state index contributed by atoms with van der Waals surface area (Å²) < 4.78 is 0. The number of nitrogens with one attached hydrogen (secondary N) is 1. The molecule has 0 saturated heterocycles. The highest BCUT2D eigenvalue weighted by molar-refractivity contribution is 5.18. The first kappa shape index (κ1) is 26.9. The van der Waals surface area contributed by atoms with Crippen LogP contribution in [0.15, 0.2) is 0 Å². The molecule has 0 bridgehead atoms. The summed E-state index contributed by atoms with van der Waals surface area (Å²) >= 11 is 0. The van der Waals surface area contributed by atoms with Gasteiger partial charge in [0, 0.05) is 17.9 Å². The molecule has 4 aliphatic rings. The van der Waals surface area contributed by atoms with Crippen molar-refractivity contribution in [2.45, 2.75) is 129 Å². The molecule has 0 aliphatic heterocycles. The number of aliphatic hydroxyl groups is 2. The number of nitrogens with two attached hydrogens (primary N) is 1. The molecule has 4 heteroatoms. The molecule has 0 aromatic rings. The lowest BCUT2D eigenvalue weighted by atomic mass is 9.42. The van der Waals surface area contributed by atoms with Gasteiger partial charge in [-0.2, -0.15) is 0 Å². The van der Waals surface area contributed by atoms with Crippen molar-refractivity contribution in [3.63, 3.8) is 0 Å². The Labute approximate surface area is 210 Å². The summed E-state index contributed by atoms with van der Waals surface area (Å²) in [5.41, 5.74) is 5.35. The molecule has 4 saturated carbocycles. The monoisotopic (exact) mass is 476 g/mol. The molecular formula is C30H56N2O2. The predicted octanol–water partition coefficient (Wildman–Crippen LogP) is 5.50. The first-order valence-electron chi connectivity index (χ1n) is 14.9. The largest absolute Gasteiger partial charge is 0.393 e. The van der Waals surface area contributed by atoms with Crippen molar-refractivity contribution in [3.05, 3.63) is 0 Å². The third-order valence-corrected chi connectivity index (χ3v) is 11.8. The van der Waals surface area contributed by atoms with Crippen LogP contribution >= 0.6 is 0 Å². The van der Waals surface area contributed by atoms with Gasteiger partial charge >= 0.3 is 0 Å². The number of hydrogen-bond acceptors (Lipinski definition) is 4. The quantitative estimate of drug-likeness (QED) is 0.331. The van der Waals surface area contributed by atoms with E-state index in [2.05, 4.69) is 39.9 Å². The van der Waals surface area contributed by atoms with E-state index < -0.39 is 5.60 Å². The average molecular weight is 477 g/mol. The molecule has 4 nitrogen and oxygen atoms in total. The minimum Gasteiger partial charge on any atom is -0.393 e. The van der Waals surface area contributed by atoms with Crippen molar-refractivity contribution in [2.24, 2.45) is 52.1 Å². The van der Waals surface area contributed by atoms with Crippen LogP contribution in [0.3, 0.4) is 0 Å². The van der Waals surface area contributed by atoms with Gasteiger partial charge in [-0.15, -0.1) is 0 Å². The minimum atomic E-state index is -0.809. The second-order valence-corrected chi connectivity index (χ2v) is 14.0. The van der Waals surface area contributed by atoms with Gasteiger partial charge in [0.15, 0.2) is 0 Å². The lowest BCUT2D eigenvalue weighted by molar-refractivity contribution is -0.234. The molecule has 4 rings (SSSR count). The topological polar surface area (TPSA) is 78.5 Å². The Morgan fingerprint density at radius 1 is 0.971 bits per heavy atom. The summed E-state index contributed by atoms with van der Waals surface area (Å²) in [5, 5.41) is 26.6. The van der Waals surface area contributed by atoms with Gasteiger partial charge in [-0.25, -0.2) is 0 Å². The molecule has 0 amide bonds. The van der Waals surface area contributed by atoms with E-state index in [4.69, 9.17) is 5.73 Å². The maximum atomic E-state index is 12.3. The van der Waals surface area contributed by atoms with Crippen LogP contribution in [0, 0.1) is 46.3 Å². The summed E-state index contributed by atoms with van der Waals surface area (Å²) in [5.74, 6) is 4.57. The highest BCUT2D eigenvalue weighted by Crippen LogP contribution is 2.69. The average Bonchev–Trinajstić information content (AvgIpc) is 3.12. The van der Waals surface area contributed by atoms with Crippen molar-refractivity contribution in [3.8, 4) is 0 Å². The van der Waals surface area contributed by atoms with Crippen LogP contribution < -0.4 is 11.1 Å². The third-order valence-electron chi connectivity index (χ3n) is 11.8. The Morgan fingerprint density at radius 2 is 1.74 bits per heavy atom. The maximum Gasteiger partial charge on any atom is 0.0880 e. The minimum absolute atomic E-state index is 0.0742. The summed E-state index contributed by atoms with van der Waals surface area (Å²) in [7, 11) is 0. The van der Waals surface area contributed by atoms with Crippen molar-refractivity contribution < 1.29 is 10.2 Å². The van der Waals surface area contributed by atoms with Crippen molar-refractivity contribution in [1.82, 2.24) is 5.32 Å². The van der Waals surface area contributed by atoms with E-state index in [9.17, 15) is 10.2 Å². The smallest absolute Gasteiger partial charge is 0.0880 e. The molecule has 0 aromatic heterocycles. The second kappa shape index (κ2) is 10.3. The van der Waals surface area contributed by atoms with E-state index in [0.29, 0.717) is 30.2 Å². The van der Waals surface area contributed by atoms with Crippen LogP contribution in [0.2, 0.25) is 0 Å². The lowest BCUT2D eigenvalue weighted by Crippen LogP contribution is -2.71. The highest BCUT2D eigenvalue weighted by Gasteiger charge is 2.67. The van der Waals surface area contributed by atoms with Crippen LogP contribution in [0.5, 0.6) is 0 Å². The summed E-state index contributed by atoms with van der Waals surface area (Å²) in [6.45, 7) is 13.8. The van der Waals surface area contributed by atoms with E-state index in [1.54, 1.807) is 0 Å². The molecule has 5 N–H and O–H groups in total. The SMILES string of the molecule is CC(C)CCCC(C)C1CCC2C3C[C@@H](NCCCN)[C@@]4(O)C[C@@H](O)CCC4(C)C3CCC12C. The second-order valence-electron chi connectivity index (χ2n) is 14.0. The number of hydrogen-bond donors (Lipinski definition) is 4. The first-order chi connectivity index (χ1) is 16.1.